The lowest BCUT2D eigenvalue weighted by molar-refractivity contribution is -0.138. The number of halogens is 7. The van der Waals surface area contributed by atoms with Crippen LogP contribution in [0.25, 0.3) is 0 Å². The van der Waals surface area contributed by atoms with Crippen molar-refractivity contribution in [3.8, 4) is 52.4 Å². The third kappa shape index (κ3) is 15.3. The normalized spacial score (nSPS) is 11.3. The van der Waals surface area contributed by atoms with Crippen molar-refractivity contribution in [3.05, 3.63) is 171 Å². The molecule has 29 heteroatoms. The van der Waals surface area contributed by atoms with E-state index < -0.39 is 49.3 Å². The van der Waals surface area contributed by atoms with Gasteiger partial charge in [-0.1, -0.05) is 22.7 Å². The first-order valence-electron chi connectivity index (χ1n) is 22.7. The molecule has 81 heavy (non-hydrogen) atoms. The number of aromatic nitrogens is 4. The molecule has 2 heterocycles. The number of anilines is 2. The first-order valence-corrected chi connectivity index (χ1v) is 27.4. The van der Waals surface area contributed by atoms with Gasteiger partial charge in [-0.3, -0.25) is 0 Å². The van der Waals surface area contributed by atoms with E-state index in [0.29, 0.717) is 51.3 Å². The molecule has 0 amide bonds. The Morgan fingerprint density at radius 3 is 1.43 bits per heavy atom. The molecule has 0 spiro atoms. The Balaban J connectivity index is 0.000000223. The molecular formula is C52H43F7N8O10S4. The average molecular weight is 1200 g/mol. The SMILES string of the molecule is COc1ccc(CN(c2nncs2)S(=O)(=O)c2ccc(F)c(C#N)c2)c(OC)c1.COc1ccc(CN(c2nncs2)S(=O)(=O)c2ccc(Oc3cc(C)cc(C(F)(F)F)c3)c(C#N)c2)c(OC)c1.Cc1cc(O)cc(C(F)(F)F)c1. The van der Waals surface area contributed by atoms with Gasteiger partial charge in [0.05, 0.1) is 73.6 Å². The van der Waals surface area contributed by atoms with E-state index in [1.165, 1.54) is 77.6 Å². The lowest BCUT2D eigenvalue weighted by Gasteiger charge is -2.23. The highest BCUT2D eigenvalue weighted by Gasteiger charge is 2.34. The summed E-state index contributed by atoms with van der Waals surface area (Å²) in [6.07, 6.45) is -8.98. The van der Waals surface area contributed by atoms with Crippen molar-refractivity contribution in [1.82, 2.24) is 20.4 Å². The van der Waals surface area contributed by atoms with E-state index in [9.17, 15) is 52.8 Å². The standard InChI is InChI=1S/C26H21F3N4O5S2.C18H15FN4O4S2.C8H7F3O/c1-16-8-19(26(27,28)29)11-21(9-16)38-23-7-6-22(10-18(23)13-30)40(34,35)33(25-32-31-15-39-25)14-17-4-5-20(36-2)12-24(17)37-3;1-26-14-4-3-12(17(8-14)27-2)10-23(18-22-21-11-28-18)29(24,25)15-5-6-16(19)13(7-15)9-20;1-5-2-6(8(9,10)11)4-7(12)3-5/h4-12,15H,14H2,1-3H3;3-8,11H,10H2,1-2H3;2-4,12H,1H3. The fourth-order valence-corrected chi connectivity index (χ4v) is 11.6. The largest absolute Gasteiger partial charge is 0.508 e. The van der Waals surface area contributed by atoms with Gasteiger partial charge in [0.15, 0.2) is 0 Å². The molecule has 6 aromatic carbocycles. The van der Waals surface area contributed by atoms with Crippen molar-refractivity contribution in [1.29, 1.82) is 10.5 Å². The van der Waals surface area contributed by atoms with Crippen LogP contribution in [0, 0.1) is 42.3 Å². The van der Waals surface area contributed by atoms with Gasteiger partial charge in [0.1, 0.15) is 69.2 Å². The number of nitrogens with zero attached hydrogens (tertiary/aromatic N) is 8. The van der Waals surface area contributed by atoms with Gasteiger partial charge in [-0.25, -0.2) is 29.8 Å². The zero-order chi connectivity index (χ0) is 59.5. The first-order chi connectivity index (χ1) is 38.2. The summed E-state index contributed by atoms with van der Waals surface area (Å²) in [6.45, 7) is 2.66. The van der Waals surface area contributed by atoms with E-state index in [2.05, 4.69) is 20.4 Å². The number of phenolic OH excluding ortho intramolecular Hbond substituents is 1. The molecule has 424 valence electrons. The fraction of sp³-hybridized carbons (Fsp3) is 0.192. The van der Waals surface area contributed by atoms with E-state index in [0.717, 1.165) is 73.7 Å². The summed E-state index contributed by atoms with van der Waals surface area (Å²) in [4.78, 5) is -0.502. The fourth-order valence-electron chi connectivity index (χ4n) is 7.21. The molecule has 0 unspecified atom stereocenters. The zero-order valence-corrected chi connectivity index (χ0v) is 46.2. The summed E-state index contributed by atoms with van der Waals surface area (Å²) < 4.78 is 173. The van der Waals surface area contributed by atoms with Crippen LogP contribution in [0.1, 0.15) is 44.5 Å². The third-order valence-corrected chi connectivity index (χ3v) is 16.2. The molecule has 0 aliphatic carbocycles. The van der Waals surface area contributed by atoms with Crippen molar-refractivity contribution in [2.45, 2.75) is 49.1 Å². The number of phenols is 1. The van der Waals surface area contributed by atoms with Gasteiger partial charge in [-0.2, -0.15) is 36.9 Å². The number of aryl methyl sites for hydroxylation is 2. The topological polar surface area (TPSA) is 240 Å². The van der Waals surface area contributed by atoms with Crippen molar-refractivity contribution in [3.63, 3.8) is 0 Å². The first kappa shape index (κ1) is 61.4. The minimum Gasteiger partial charge on any atom is -0.508 e. The maximum absolute atomic E-state index is 13.8. The molecule has 18 nitrogen and oxygen atoms in total. The number of methoxy groups -OCH3 is 4. The van der Waals surface area contributed by atoms with Crippen LogP contribution >= 0.6 is 22.7 Å². The summed E-state index contributed by atoms with van der Waals surface area (Å²) in [7, 11) is -2.60. The Bertz CT molecular complexity index is 3800. The van der Waals surface area contributed by atoms with Gasteiger partial charge in [0.25, 0.3) is 20.0 Å². The molecule has 8 rings (SSSR count). The van der Waals surface area contributed by atoms with Gasteiger partial charge in [-0.05, 0) is 122 Å². The van der Waals surface area contributed by atoms with Crippen molar-refractivity contribution < 1.29 is 76.4 Å². The van der Waals surface area contributed by atoms with Crippen LogP contribution in [0.3, 0.4) is 0 Å². The van der Waals surface area contributed by atoms with Crippen LogP contribution < -0.4 is 32.3 Å². The molecule has 8 aromatic rings. The Hall–Kier alpha value is -8.77. The molecular weight excluding hydrogens is 1160 g/mol. The minimum absolute atomic E-state index is 0.0659. The molecule has 0 radical (unpaired) electrons. The Kier molecular flexibility index (Phi) is 19.7. The molecule has 0 saturated carbocycles. The average Bonchev–Trinajstić information content (AvgIpc) is 4.31. The van der Waals surface area contributed by atoms with E-state index >= 15 is 0 Å². The highest BCUT2D eigenvalue weighted by molar-refractivity contribution is 7.93. The number of aromatic hydroxyl groups is 1. The van der Waals surface area contributed by atoms with Gasteiger partial charge in [-0.15, -0.1) is 20.4 Å². The second-order valence-corrected chi connectivity index (χ2v) is 21.9. The summed E-state index contributed by atoms with van der Waals surface area (Å²) in [6, 6.07) is 26.0. The zero-order valence-electron chi connectivity index (χ0n) is 42.9. The molecule has 0 aliphatic heterocycles. The van der Waals surface area contributed by atoms with E-state index in [-0.39, 0.29) is 61.5 Å². The van der Waals surface area contributed by atoms with E-state index in [1.54, 1.807) is 42.5 Å². The smallest absolute Gasteiger partial charge is 0.416 e. The second kappa shape index (κ2) is 26.0. The van der Waals surface area contributed by atoms with Crippen molar-refractivity contribution in [2.75, 3.05) is 37.0 Å². The number of rotatable bonds is 16. The molecule has 0 atom stereocenters. The van der Waals surface area contributed by atoms with E-state index in [4.69, 9.17) is 34.1 Å². The highest BCUT2D eigenvalue weighted by atomic mass is 32.2. The lowest BCUT2D eigenvalue weighted by Crippen LogP contribution is -2.31. The number of ether oxygens (including phenoxy) is 5. The van der Waals surface area contributed by atoms with Crippen LogP contribution in [0.4, 0.5) is 41.0 Å². The number of benzene rings is 6. The molecule has 2 aromatic heterocycles. The Morgan fingerprint density at radius 2 is 1.01 bits per heavy atom. The summed E-state index contributed by atoms with van der Waals surface area (Å²) >= 11 is 2.02. The summed E-state index contributed by atoms with van der Waals surface area (Å²) in [5, 5.41) is 43.0. The van der Waals surface area contributed by atoms with Crippen LogP contribution in [-0.2, 0) is 45.5 Å². The van der Waals surface area contributed by atoms with Crippen molar-refractivity contribution in [2.24, 2.45) is 0 Å². The second-order valence-electron chi connectivity index (χ2n) is 16.5. The van der Waals surface area contributed by atoms with Gasteiger partial charge in [0.2, 0.25) is 10.3 Å². The molecule has 0 saturated heterocycles. The molecule has 0 aliphatic rings. The molecule has 1 N–H and O–H groups in total. The summed E-state index contributed by atoms with van der Waals surface area (Å²) in [5.41, 5.74) is 2.21. The van der Waals surface area contributed by atoms with Gasteiger partial charge >= 0.3 is 12.4 Å². The molecule has 0 bridgehead atoms. The van der Waals surface area contributed by atoms with Crippen LogP contribution in [-0.4, -0.2) is 70.8 Å². The molecule has 0 fully saturated rings. The number of hydrogen-bond donors (Lipinski definition) is 1. The monoisotopic (exact) mass is 1200 g/mol. The number of hydrogen-bond acceptors (Lipinski definition) is 18. The maximum Gasteiger partial charge on any atom is 0.416 e. The Morgan fingerprint density at radius 1 is 0.556 bits per heavy atom. The Labute approximate surface area is 467 Å². The number of nitriles is 2. The van der Waals surface area contributed by atoms with Crippen molar-refractivity contribution >= 4 is 53.0 Å². The van der Waals surface area contributed by atoms with Gasteiger partial charge < -0.3 is 28.8 Å². The number of alkyl halides is 6. The quantitative estimate of drug-likeness (QED) is 0.0885. The van der Waals surface area contributed by atoms with Crippen LogP contribution in [0.2, 0.25) is 0 Å². The van der Waals surface area contributed by atoms with Crippen LogP contribution in [0.5, 0.6) is 40.2 Å². The number of sulfonamides is 2. The lowest BCUT2D eigenvalue weighted by atomic mass is 10.1. The highest BCUT2D eigenvalue weighted by Crippen LogP contribution is 2.38. The minimum atomic E-state index is -4.60. The maximum atomic E-state index is 13.8. The van der Waals surface area contributed by atoms with Gasteiger partial charge in [0, 0.05) is 23.3 Å². The summed E-state index contributed by atoms with van der Waals surface area (Å²) in [5.74, 6) is 0.436. The van der Waals surface area contributed by atoms with E-state index in [1.807, 2.05) is 6.07 Å². The van der Waals surface area contributed by atoms with Crippen LogP contribution in [0.15, 0.2) is 130 Å². The predicted molar refractivity (Wildman–Crippen MR) is 282 cm³/mol. The predicted octanol–water partition coefficient (Wildman–Crippen LogP) is 11.6. The third-order valence-electron chi connectivity index (χ3n) is 11.0.